The minimum atomic E-state index is -0.482. The van der Waals surface area contributed by atoms with E-state index in [1.54, 1.807) is 22.6 Å². The fraction of sp³-hybridized carbons (Fsp3) is 0.250. The Morgan fingerprint density at radius 3 is 2.50 bits per heavy atom. The summed E-state index contributed by atoms with van der Waals surface area (Å²) < 4.78 is 12.2. The van der Waals surface area contributed by atoms with Gasteiger partial charge in [0.05, 0.1) is 3.72 Å². The van der Waals surface area contributed by atoms with E-state index in [2.05, 4.69) is 5.32 Å². The molecule has 0 saturated heterocycles. The zero-order chi connectivity index (χ0) is 6.57. The molecule has 0 aliphatic carbocycles. The second-order valence-corrected chi connectivity index (χ2v) is 2.25. The fourth-order valence-electron chi connectivity index (χ4n) is 0.183. The van der Waals surface area contributed by atoms with E-state index in [0.717, 1.165) is 6.08 Å². The van der Waals surface area contributed by atoms with Crippen LogP contribution >= 0.6 is 22.6 Å². The molecule has 4 heteroatoms. The summed E-state index contributed by atoms with van der Waals surface area (Å²) in [5, 5.41) is 9.00. The van der Waals surface area contributed by atoms with Gasteiger partial charge in [-0.15, -0.1) is 0 Å². The highest BCUT2D eigenvalue weighted by Crippen LogP contribution is 1.94. The van der Waals surface area contributed by atoms with Crippen LogP contribution in [0.2, 0.25) is 0 Å². The van der Waals surface area contributed by atoms with Crippen molar-refractivity contribution in [1.29, 1.82) is 5.41 Å². The molecule has 0 bridgehead atoms. The van der Waals surface area contributed by atoms with Gasteiger partial charge in [0.15, 0.2) is 5.95 Å². The topological polar surface area (TPSA) is 35.9 Å². The Kier molecular flexibility index (Phi) is 3.76. The molecule has 0 aliphatic rings. The van der Waals surface area contributed by atoms with Crippen LogP contribution in [0, 0.1) is 5.41 Å². The van der Waals surface area contributed by atoms with Crippen LogP contribution in [-0.4, -0.2) is 10.8 Å². The minimum absolute atomic E-state index is 0.175. The maximum Gasteiger partial charge on any atom is 0.189 e. The summed E-state index contributed by atoms with van der Waals surface area (Å²) >= 11 is 1.71. The van der Waals surface area contributed by atoms with Gasteiger partial charge in [-0.1, -0.05) is 0 Å². The number of rotatable bonds is 2. The molecule has 46 valence electrons. The SMILES string of the molecule is CN/C(F)=C\C(=N)I. The van der Waals surface area contributed by atoms with E-state index in [0.29, 0.717) is 0 Å². The Balaban J connectivity index is 3.75. The Labute approximate surface area is 60.8 Å². The predicted octanol–water partition coefficient (Wildman–Crippen LogP) is 1.43. The number of hydrogen-bond donors (Lipinski definition) is 2. The first-order valence-corrected chi connectivity index (χ1v) is 3.03. The van der Waals surface area contributed by atoms with Crippen LogP contribution in [0.3, 0.4) is 0 Å². The van der Waals surface area contributed by atoms with Crippen molar-refractivity contribution < 1.29 is 4.39 Å². The highest BCUT2D eigenvalue weighted by atomic mass is 127. The van der Waals surface area contributed by atoms with Crippen molar-refractivity contribution in [2.24, 2.45) is 0 Å². The number of nitrogens with one attached hydrogen (secondary N) is 2. The van der Waals surface area contributed by atoms with Crippen molar-refractivity contribution in [3.8, 4) is 0 Å². The van der Waals surface area contributed by atoms with Gasteiger partial charge in [0.1, 0.15) is 0 Å². The molecular formula is C4H6FIN2. The maximum absolute atomic E-state index is 12.0. The van der Waals surface area contributed by atoms with Crippen molar-refractivity contribution in [3.05, 3.63) is 12.0 Å². The molecule has 0 atom stereocenters. The zero-order valence-electron chi connectivity index (χ0n) is 4.33. The van der Waals surface area contributed by atoms with Crippen molar-refractivity contribution in [3.63, 3.8) is 0 Å². The Hall–Kier alpha value is -0.130. The average Bonchev–Trinajstić information content (AvgIpc) is 1.65. The zero-order valence-corrected chi connectivity index (χ0v) is 6.49. The lowest BCUT2D eigenvalue weighted by atomic mass is 10.6. The monoisotopic (exact) mass is 228 g/mol. The molecule has 0 aromatic carbocycles. The first kappa shape index (κ1) is 7.87. The molecule has 0 spiro atoms. The molecule has 0 saturated carbocycles. The quantitative estimate of drug-likeness (QED) is 0.418. The lowest BCUT2D eigenvalue weighted by Gasteiger charge is -1.89. The Bertz CT molecular complexity index is 121. The van der Waals surface area contributed by atoms with E-state index in [4.69, 9.17) is 5.41 Å². The van der Waals surface area contributed by atoms with Crippen molar-refractivity contribution in [2.45, 2.75) is 0 Å². The highest BCUT2D eigenvalue weighted by molar-refractivity contribution is 14.1. The summed E-state index contributed by atoms with van der Waals surface area (Å²) in [5.74, 6) is -0.482. The number of allylic oxidation sites excluding steroid dienone is 1. The number of halogens is 2. The summed E-state index contributed by atoms with van der Waals surface area (Å²) in [7, 11) is 1.46. The first-order valence-electron chi connectivity index (χ1n) is 1.96. The van der Waals surface area contributed by atoms with Gasteiger partial charge in [0.2, 0.25) is 0 Å². The van der Waals surface area contributed by atoms with Crippen LogP contribution in [0.15, 0.2) is 12.0 Å². The smallest absolute Gasteiger partial charge is 0.189 e. The minimum Gasteiger partial charge on any atom is -0.365 e. The van der Waals surface area contributed by atoms with Crippen LogP contribution in [0.5, 0.6) is 0 Å². The summed E-state index contributed by atoms with van der Waals surface area (Å²) in [6, 6.07) is 0. The van der Waals surface area contributed by atoms with E-state index in [1.165, 1.54) is 7.05 Å². The molecule has 0 rings (SSSR count). The van der Waals surface area contributed by atoms with E-state index < -0.39 is 5.95 Å². The molecule has 2 nitrogen and oxygen atoms in total. The molecule has 0 aliphatic heterocycles. The second-order valence-electron chi connectivity index (χ2n) is 1.09. The van der Waals surface area contributed by atoms with E-state index in [9.17, 15) is 4.39 Å². The molecule has 0 unspecified atom stereocenters. The van der Waals surface area contributed by atoms with Crippen molar-refractivity contribution in [2.75, 3.05) is 7.05 Å². The van der Waals surface area contributed by atoms with Gasteiger partial charge >= 0.3 is 0 Å². The summed E-state index contributed by atoms with van der Waals surface area (Å²) in [5.41, 5.74) is 0. The molecule has 2 N–H and O–H groups in total. The average molecular weight is 228 g/mol. The van der Waals surface area contributed by atoms with Gasteiger partial charge in [0, 0.05) is 13.1 Å². The summed E-state index contributed by atoms with van der Waals surface area (Å²) in [6.45, 7) is 0. The van der Waals surface area contributed by atoms with Crippen LogP contribution in [0.4, 0.5) is 4.39 Å². The fourth-order valence-corrected chi connectivity index (χ4v) is 0.457. The van der Waals surface area contributed by atoms with Gasteiger partial charge in [-0.3, -0.25) is 5.41 Å². The van der Waals surface area contributed by atoms with Gasteiger partial charge < -0.3 is 5.32 Å². The molecule has 0 amide bonds. The van der Waals surface area contributed by atoms with E-state index in [-0.39, 0.29) is 3.72 Å². The maximum atomic E-state index is 12.0. The summed E-state index contributed by atoms with van der Waals surface area (Å²) in [6.07, 6.45) is 1.10. The van der Waals surface area contributed by atoms with E-state index >= 15 is 0 Å². The van der Waals surface area contributed by atoms with Crippen LogP contribution < -0.4 is 5.32 Å². The summed E-state index contributed by atoms with van der Waals surface area (Å²) in [4.78, 5) is 0. The normalized spacial score (nSPS) is 11.1. The second kappa shape index (κ2) is 3.82. The highest BCUT2D eigenvalue weighted by Gasteiger charge is 1.87. The standard InChI is InChI=1S/C4H6FIN2/c1-8-3(5)2-4(6)7/h2,7-8H,1H3/b3-2-,7-4?. The lowest BCUT2D eigenvalue weighted by molar-refractivity contribution is 0.575. The molecule has 0 heterocycles. The molecule has 0 fully saturated rings. The lowest BCUT2D eigenvalue weighted by Crippen LogP contribution is -2.00. The molecule has 8 heavy (non-hydrogen) atoms. The van der Waals surface area contributed by atoms with E-state index in [1.807, 2.05) is 0 Å². The van der Waals surface area contributed by atoms with Crippen LogP contribution in [0.25, 0.3) is 0 Å². The van der Waals surface area contributed by atoms with Gasteiger partial charge in [-0.2, -0.15) is 4.39 Å². The first-order chi connectivity index (χ1) is 3.66. The van der Waals surface area contributed by atoms with Gasteiger partial charge in [0.25, 0.3) is 0 Å². The third kappa shape index (κ3) is 4.04. The third-order valence-corrected chi connectivity index (χ3v) is 0.804. The number of hydrogen-bond acceptors (Lipinski definition) is 2. The molecule has 0 radical (unpaired) electrons. The Morgan fingerprint density at radius 1 is 1.88 bits per heavy atom. The largest absolute Gasteiger partial charge is 0.365 e. The van der Waals surface area contributed by atoms with Gasteiger partial charge in [-0.05, 0) is 22.6 Å². The Morgan fingerprint density at radius 2 is 2.38 bits per heavy atom. The third-order valence-electron chi connectivity index (χ3n) is 0.492. The van der Waals surface area contributed by atoms with Gasteiger partial charge in [-0.25, -0.2) is 0 Å². The van der Waals surface area contributed by atoms with Crippen molar-refractivity contribution >= 4 is 26.3 Å². The molecular weight excluding hydrogens is 222 g/mol. The molecule has 0 aromatic heterocycles. The van der Waals surface area contributed by atoms with Crippen LogP contribution in [0.1, 0.15) is 0 Å². The molecule has 0 aromatic rings. The van der Waals surface area contributed by atoms with Crippen molar-refractivity contribution in [1.82, 2.24) is 5.32 Å². The van der Waals surface area contributed by atoms with Crippen LogP contribution in [-0.2, 0) is 0 Å². The predicted molar refractivity (Wildman–Crippen MR) is 40.0 cm³/mol.